The first-order valence-electron chi connectivity index (χ1n) is 5.61. The summed E-state index contributed by atoms with van der Waals surface area (Å²) in [7, 11) is 1.82. The number of aryl methyl sites for hydroxylation is 2. The van der Waals surface area contributed by atoms with Crippen molar-refractivity contribution in [1.82, 2.24) is 20.2 Å². The average Bonchev–Trinajstić information content (AvgIpc) is 2.87. The van der Waals surface area contributed by atoms with Crippen molar-refractivity contribution in [2.45, 2.75) is 18.9 Å². The van der Waals surface area contributed by atoms with Crippen LogP contribution in [0.3, 0.4) is 0 Å². The smallest absolute Gasteiger partial charge is 0.243 e. The van der Waals surface area contributed by atoms with Crippen molar-refractivity contribution >= 4 is 11.6 Å². The minimum absolute atomic E-state index is 0.273. The zero-order valence-corrected chi connectivity index (χ0v) is 9.59. The monoisotopic (exact) mass is 230 g/mol. The maximum Gasteiger partial charge on any atom is 0.243 e. The first kappa shape index (κ1) is 10.1. The number of hydrogen-bond donors (Lipinski definition) is 2. The Hall–Kier alpha value is -2.11. The van der Waals surface area contributed by atoms with Crippen LogP contribution in [0.4, 0.5) is 11.6 Å². The average molecular weight is 230 g/mol. The van der Waals surface area contributed by atoms with Crippen LogP contribution in [0, 0.1) is 0 Å². The van der Waals surface area contributed by atoms with E-state index in [1.54, 1.807) is 4.68 Å². The Bertz CT molecular complexity index is 547. The van der Waals surface area contributed by atoms with Gasteiger partial charge in [-0.1, -0.05) is 11.2 Å². The van der Waals surface area contributed by atoms with E-state index in [1.807, 2.05) is 19.2 Å². The van der Waals surface area contributed by atoms with E-state index < -0.39 is 0 Å². The van der Waals surface area contributed by atoms with E-state index in [0.29, 0.717) is 5.95 Å². The molecule has 0 aliphatic heterocycles. The van der Waals surface area contributed by atoms with Crippen LogP contribution in [0.25, 0.3) is 0 Å². The van der Waals surface area contributed by atoms with Gasteiger partial charge in [0.1, 0.15) is 0 Å². The van der Waals surface area contributed by atoms with Crippen molar-refractivity contribution in [2.24, 2.45) is 7.05 Å². The number of tetrazole rings is 1. The Labute approximate surface area is 98.8 Å². The molecule has 0 fully saturated rings. The first-order chi connectivity index (χ1) is 8.24. The number of fused-ring (bicyclic) bond motifs is 1. The van der Waals surface area contributed by atoms with Crippen LogP contribution in [0.1, 0.15) is 23.6 Å². The van der Waals surface area contributed by atoms with E-state index >= 15 is 0 Å². The summed E-state index contributed by atoms with van der Waals surface area (Å²) in [6.07, 6.45) is 2.09. The topological polar surface area (TPSA) is 81.7 Å². The van der Waals surface area contributed by atoms with Crippen LogP contribution < -0.4 is 11.1 Å². The third-order valence-electron chi connectivity index (χ3n) is 3.17. The van der Waals surface area contributed by atoms with Crippen molar-refractivity contribution in [3.63, 3.8) is 0 Å². The molecule has 17 heavy (non-hydrogen) atoms. The molecule has 0 spiro atoms. The molecule has 0 saturated carbocycles. The van der Waals surface area contributed by atoms with E-state index in [-0.39, 0.29) is 6.04 Å². The zero-order chi connectivity index (χ0) is 11.8. The third kappa shape index (κ3) is 1.71. The minimum Gasteiger partial charge on any atom is -0.399 e. The van der Waals surface area contributed by atoms with Gasteiger partial charge in [-0.05, 0) is 46.5 Å². The van der Waals surface area contributed by atoms with Crippen LogP contribution in [0.15, 0.2) is 18.2 Å². The molecular weight excluding hydrogens is 216 g/mol. The van der Waals surface area contributed by atoms with Gasteiger partial charge in [0, 0.05) is 12.7 Å². The van der Waals surface area contributed by atoms with Gasteiger partial charge in [-0.2, -0.15) is 0 Å². The molecule has 1 aromatic carbocycles. The second-order valence-corrected chi connectivity index (χ2v) is 4.32. The van der Waals surface area contributed by atoms with Gasteiger partial charge < -0.3 is 11.1 Å². The highest BCUT2D eigenvalue weighted by Gasteiger charge is 2.23. The molecule has 3 N–H and O–H groups in total. The highest BCUT2D eigenvalue weighted by atomic mass is 15.6. The lowest BCUT2D eigenvalue weighted by atomic mass is 10.1. The summed E-state index contributed by atoms with van der Waals surface area (Å²) in [5.41, 5.74) is 9.21. The molecule has 6 nitrogen and oxygen atoms in total. The predicted molar refractivity (Wildman–Crippen MR) is 64.3 cm³/mol. The van der Waals surface area contributed by atoms with Gasteiger partial charge >= 0.3 is 0 Å². The SMILES string of the molecule is Cn1nnnc1NC1CCc2cc(N)ccc21. The minimum atomic E-state index is 0.273. The Morgan fingerprint density at radius 1 is 1.47 bits per heavy atom. The van der Waals surface area contributed by atoms with Crippen LogP contribution in [-0.4, -0.2) is 20.2 Å². The lowest BCUT2D eigenvalue weighted by Gasteiger charge is -2.13. The number of aromatic nitrogens is 4. The van der Waals surface area contributed by atoms with Crippen molar-refractivity contribution in [2.75, 3.05) is 11.1 Å². The maximum absolute atomic E-state index is 5.78. The van der Waals surface area contributed by atoms with E-state index in [4.69, 9.17) is 5.73 Å². The second-order valence-electron chi connectivity index (χ2n) is 4.32. The van der Waals surface area contributed by atoms with Crippen LogP contribution in [0.5, 0.6) is 0 Å². The summed E-state index contributed by atoms with van der Waals surface area (Å²) in [6.45, 7) is 0. The van der Waals surface area contributed by atoms with Gasteiger partial charge in [-0.15, -0.1) is 0 Å². The Balaban J connectivity index is 1.87. The fourth-order valence-corrected chi connectivity index (χ4v) is 2.29. The molecule has 88 valence electrons. The van der Waals surface area contributed by atoms with Gasteiger partial charge in [0.05, 0.1) is 6.04 Å². The molecule has 0 saturated heterocycles. The number of rotatable bonds is 2. The number of nitrogens with zero attached hydrogens (tertiary/aromatic N) is 4. The van der Waals surface area contributed by atoms with E-state index in [9.17, 15) is 0 Å². The van der Waals surface area contributed by atoms with Crippen molar-refractivity contribution in [1.29, 1.82) is 0 Å². The van der Waals surface area contributed by atoms with Gasteiger partial charge in [0.2, 0.25) is 5.95 Å². The molecule has 6 heteroatoms. The molecule has 0 amide bonds. The quantitative estimate of drug-likeness (QED) is 0.749. The second kappa shape index (κ2) is 3.73. The summed E-state index contributed by atoms with van der Waals surface area (Å²) in [5.74, 6) is 0.694. The summed E-state index contributed by atoms with van der Waals surface area (Å²) < 4.78 is 1.63. The lowest BCUT2D eigenvalue weighted by molar-refractivity contribution is 0.693. The molecule has 1 aliphatic rings. The Morgan fingerprint density at radius 3 is 3.12 bits per heavy atom. The summed E-state index contributed by atoms with van der Waals surface area (Å²) in [5, 5.41) is 14.7. The highest BCUT2D eigenvalue weighted by Crippen LogP contribution is 2.34. The van der Waals surface area contributed by atoms with E-state index in [0.717, 1.165) is 18.5 Å². The lowest BCUT2D eigenvalue weighted by Crippen LogP contribution is -2.11. The van der Waals surface area contributed by atoms with Gasteiger partial charge in [-0.25, -0.2) is 4.68 Å². The largest absolute Gasteiger partial charge is 0.399 e. The molecule has 2 aromatic rings. The normalized spacial score (nSPS) is 18.1. The Morgan fingerprint density at radius 2 is 2.35 bits per heavy atom. The number of hydrogen-bond acceptors (Lipinski definition) is 5. The number of nitrogens with two attached hydrogens (primary N) is 1. The summed E-state index contributed by atoms with van der Waals surface area (Å²) in [6, 6.07) is 6.34. The molecule has 1 atom stereocenters. The zero-order valence-electron chi connectivity index (χ0n) is 9.59. The first-order valence-corrected chi connectivity index (χ1v) is 5.61. The molecule has 1 aromatic heterocycles. The highest BCUT2D eigenvalue weighted by molar-refractivity contribution is 5.49. The molecule has 1 heterocycles. The molecule has 0 bridgehead atoms. The van der Waals surface area contributed by atoms with Crippen LogP contribution in [0.2, 0.25) is 0 Å². The fraction of sp³-hybridized carbons (Fsp3) is 0.364. The number of benzene rings is 1. The fourth-order valence-electron chi connectivity index (χ4n) is 2.29. The van der Waals surface area contributed by atoms with Gasteiger partial charge in [0.25, 0.3) is 0 Å². The van der Waals surface area contributed by atoms with Crippen LogP contribution >= 0.6 is 0 Å². The number of anilines is 2. The van der Waals surface area contributed by atoms with Crippen molar-refractivity contribution in [3.05, 3.63) is 29.3 Å². The molecule has 3 rings (SSSR count). The molecular formula is C11H14N6. The number of nitrogens with one attached hydrogen (secondary N) is 1. The Kier molecular flexibility index (Phi) is 2.21. The molecule has 1 unspecified atom stereocenters. The standard InChI is InChI=1S/C11H14N6/c1-17-11(14-15-16-17)13-10-5-2-7-6-8(12)3-4-9(7)10/h3-4,6,10H,2,5,12H2,1H3,(H,13,14,16). The summed E-state index contributed by atoms with van der Waals surface area (Å²) >= 11 is 0. The van der Waals surface area contributed by atoms with Crippen molar-refractivity contribution in [3.8, 4) is 0 Å². The van der Waals surface area contributed by atoms with Crippen molar-refractivity contribution < 1.29 is 0 Å². The third-order valence-corrected chi connectivity index (χ3v) is 3.17. The van der Waals surface area contributed by atoms with E-state index in [1.165, 1.54) is 11.1 Å². The summed E-state index contributed by atoms with van der Waals surface area (Å²) in [4.78, 5) is 0. The van der Waals surface area contributed by atoms with E-state index in [2.05, 4.69) is 26.9 Å². The number of nitrogen functional groups attached to an aromatic ring is 1. The predicted octanol–water partition coefficient (Wildman–Crippen LogP) is 0.892. The maximum atomic E-state index is 5.78. The molecule has 0 radical (unpaired) electrons. The molecule has 1 aliphatic carbocycles. The van der Waals surface area contributed by atoms with Crippen LogP contribution in [-0.2, 0) is 13.5 Å². The van der Waals surface area contributed by atoms with Gasteiger partial charge in [0.15, 0.2) is 0 Å². The van der Waals surface area contributed by atoms with Gasteiger partial charge in [-0.3, -0.25) is 0 Å².